The molecule has 18 heavy (non-hydrogen) atoms. The van der Waals surface area contributed by atoms with Crippen LogP contribution < -0.4 is 11.1 Å². The summed E-state index contributed by atoms with van der Waals surface area (Å²) in [6.07, 6.45) is 3.36. The number of nitrogen functional groups attached to an aromatic ring is 1. The topological polar surface area (TPSA) is 85.8 Å². The number of rotatable bonds is 3. The molecule has 3 N–H and O–H groups in total. The molecule has 2 aromatic heterocycles. The van der Waals surface area contributed by atoms with E-state index in [9.17, 15) is 4.79 Å². The number of carbonyl (C=O) groups is 1. The van der Waals surface area contributed by atoms with Crippen LogP contribution in [0.25, 0.3) is 0 Å². The van der Waals surface area contributed by atoms with Crippen molar-refractivity contribution in [2.45, 2.75) is 13.5 Å². The van der Waals surface area contributed by atoms with Crippen molar-refractivity contribution in [2.75, 3.05) is 5.73 Å². The monoisotopic (exact) mass is 245 g/mol. The minimum absolute atomic E-state index is 0.196. The first kappa shape index (κ1) is 12.1. The van der Waals surface area contributed by atoms with Crippen LogP contribution in [0, 0.1) is 6.92 Å². The first-order valence-electron chi connectivity index (χ1n) is 5.55. The predicted octanol–water partition coefficient (Wildman–Crippen LogP) is 0.636. The molecule has 0 aromatic carbocycles. The highest BCUT2D eigenvalue weighted by atomic mass is 16.1. The summed E-state index contributed by atoms with van der Waals surface area (Å²) < 4.78 is 1.69. The Hall–Kier alpha value is -2.37. The van der Waals surface area contributed by atoms with Crippen molar-refractivity contribution in [1.29, 1.82) is 0 Å². The third-order valence-corrected chi connectivity index (χ3v) is 2.55. The molecule has 6 heteroatoms. The highest BCUT2D eigenvalue weighted by Crippen LogP contribution is 2.09. The lowest BCUT2D eigenvalue weighted by atomic mass is 10.2. The van der Waals surface area contributed by atoms with Crippen LogP contribution in [-0.4, -0.2) is 20.7 Å². The number of nitrogens with one attached hydrogen (secondary N) is 1. The zero-order chi connectivity index (χ0) is 13.1. The molecule has 0 aliphatic carbocycles. The van der Waals surface area contributed by atoms with E-state index in [1.807, 2.05) is 19.3 Å². The van der Waals surface area contributed by atoms with Gasteiger partial charge in [-0.2, -0.15) is 5.10 Å². The lowest BCUT2D eigenvalue weighted by molar-refractivity contribution is 0.0949. The zero-order valence-corrected chi connectivity index (χ0v) is 10.3. The number of carbonyl (C=O) groups excluding carboxylic acids is 1. The number of anilines is 1. The third kappa shape index (κ3) is 2.65. The van der Waals surface area contributed by atoms with E-state index in [1.165, 1.54) is 6.20 Å². The van der Waals surface area contributed by atoms with E-state index in [4.69, 9.17) is 5.73 Å². The van der Waals surface area contributed by atoms with Gasteiger partial charge in [-0.05, 0) is 19.1 Å². The molecule has 0 spiro atoms. The van der Waals surface area contributed by atoms with Gasteiger partial charge in [0.1, 0.15) is 0 Å². The van der Waals surface area contributed by atoms with Gasteiger partial charge in [-0.1, -0.05) is 0 Å². The Morgan fingerprint density at radius 1 is 1.56 bits per heavy atom. The van der Waals surface area contributed by atoms with Gasteiger partial charge < -0.3 is 11.1 Å². The normalized spacial score (nSPS) is 10.3. The summed E-state index contributed by atoms with van der Waals surface area (Å²) >= 11 is 0. The average Bonchev–Trinajstić information content (AvgIpc) is 2.75. The molecule has 0 fully saturated rings. The second-order valence-corrected chi connectivity index (χ2v) is 4.07. The van der Waals surface area contributed by atoms with Gasteiger partial charge in [0.25, 0.3) is 5.91 Å². The SMILES string of the molecule is Cc1ncc(N)cc1C(=O)NCc1ccn(C)n1. The van der Waals surface area contributed by atoms with Crippen molar-refractivity contribution in [3.05, 3.63) is 41.5 Å². The van der Waals surface area contributed by atoms with E-state index in [2.05, 4.69) is 15.4 Å². The van der Waals surface area contributed by atoms with Gasteiger partial charge in [0, 0.05) is 13.2 Å². The van der Waals surface area contributed by atoms with Crippen LogP contribution in [0.1, 0.15) is 21.7 Å². The molecule has 2 heterocycles. The molecule has 0 atom stereocenters. The quantitative estimate of drug-likeness (QED) is 0.830. The lowest BCUT2D eigenvalue weighted by Crippen LogP contribution is -2.24. The molecule has 2 rings (SSSR count). The number of aromatic nitrogens is 3. The second-order valence-electron chi connectivity index (χ2n) is 4.07. The van der Waals surface area contributed by atoms with Gasteiger partial charge in [-0.3, -0.25) is 14.5 Å². The maximum atomic E-state index is 12.0. The summed E-state index contributed by atoms with van der Waals surface area (Å²) in [4.78, 5) is 16.0. The molecule has 2 aromatic rings. The highest BCUT2D eigenvalue weighted by Gasteiger charge is 2.10. The number of nitrogens with two attached hydrogens (primary N) is 1. The summed E-state index contributed by atoms with van der Waals surface area (Å²) in [6.45, 7) is 2.16. The number of hydrogen-bond acceptors (Lipinski definition) is 4. The van der Waals surface area contributed by atoms with E-state index >= 15 is 0 Å². The molecule has 0 aliphatic heterocycles. The van der Waals surface area contributed by atoms with Crippen LogP contribution in [-0.2, 0) is 13.6 Å². The van der Waals surface area contributed by atoms with Crippen molar-refractivity contribution < 1.29 is 4.79 Å². The van der Waals surface area contributed by atoms with E-state index < -0.39 is 0 Å². The van der Waals surface area contributed by atoms with Crippen LogP contribution in [0.15, 0.2) is 24.5 Å². The van der Waals surface area contributed by atoms with E-state index in [0.29, 0.717) is 23.5 Å². The first-order chi connectivity index (χ1) is 8.56. The van der Waals surface area contributed by atoms with Crippen LogP contribution in [0.3, 0.4) is 0 Å². The van der Waals surface area contributed by atoms with Crippen LogP contribution in [0.5, 0.6) is 0 Å². The summed E-state index contributed by atoms with van der Waals surface area (Å²) in [5.41, 5.74) is 8.05. The van der Waals surface area contributed by atoms with Crippen molar-refractivity contribution in [1.82, 2.24) is 20.1 Å². The number of pyridine rings is 1. The van der Waals surface area contributed by atoms with Crippen molar-refractivity contribution >= 4 is 11.6 Å². The maximum Gasteiger partial charge on any atom is 0.253 e. The molecule has 94 valence electrons. The Morgan fingerprint density at radius 2 is 2.33 bits per heavy atom. The lowest BCUT2D eigenvalue weighted by Gasteiger charge is -2.06. The standard InChI is InChI=1S/C12H15N5O/c1-8-11(5-9(13)6-14-8)12(18)15-7-10-3-4-17(2)16-10/h3-6H,7,13H2,1-2H3,(H,15,18). The maximum absolute atomic E-state index is 12.0. The van der Waals surface area contributed by atoms with E-state index in [1.54, 1.807) is 17.7 Å². The van der Waals surface area contributed by atoms with Crippen LogP contribution in [0.4, 0.5) is 5.69 Å². The Morgan fingerprint density at radius 3 is 3.00 bits per heavy atom. The second kappa shape index (κ2) is 4.87. The van der Waals surface area contributed by atoms with Gasteiger partial charge >= 0.3 is 0 Å². The number of hydrogen-bond donors (Lipinski definition) is 2. The molecule has 0 radical (unpaired) electrons. The molecule has 6 nitrogen and oxygen atoms in total. The molecule has 0 bridgehead atoms. The molecule has 0 unspecified atom stereocenters. The Bertz CT molecular complexity index is 576. The highest BCUT2D eigenvalue weighted by molar-refractivity contribution is 5.95. The largest absolute Gasteiger partial charge is 0.397 e. The molecule has 0 saturated heterocycles. The Kier molecular flexibility index (Phi) is 3.27. The summed E-state index contributed by atoms with van der Waals surface area (Å²) in [6, 6.07) is 3.47. The van der Waals surface area contributed by atoms with Gasteiger partial charge in [0.05, 0.1) is 35.4 Å². The van der Waals surface area contributed by atoms with Crippen molar-refractivity contribution in [3.8, 4) is 0 Å². The van der Waals surface area contributed by atoms with Crippen molar-refractivity contribution in [2.24, 2.45) is 7.05 Å². The Balaban J connectivity index is 2.05. The van der Waals surface area contributed by atoms with E-state index in [-0.39, 0.29) is 5.91 Å². The molecule has 1 amide bonds. The van der Waals surface area contributed by atoms with Gasteiger partial charge in [0.2, 0.25) is 0 Å². The molecular weight excluding hydrogens is 230 g/mol. The third-order valence-electron chi connectivity index (χ3n) is 2.55. The van der Waals surface area contributed by atoms with Crippen LogP contribution >= 0.6 is 0 Å². The molecule has 0 saturated carbocycles. The fraction of sp³-hybridized carbons (Fsp3) is 0.250. The van der Waals surface area contributed by atoms with Crippen molar-refractivity contribution in [3.63, 3.8) is 0 Å². The minimum atomic E-state index is -0.196. The number of aryl methyl sites for hydroxylation is 2. The molecular formula is C12H15N5O. The van der Waals surface area contributed by atoms with Crippen LogP contribution in [0.2, 0.25) is 0 Å². The fourth-order valence-electron chi connectivity index (χ4n) is 1.60. The number of amides is 1. The zero-order valence-electron chi connectivity index (χ0n) is 10.3. The summed E-state index contributed by atoms with van der Waals surface area (Å²) in [5, 5.41) is 6.96. The summed E-state index contributed by atoms with van der Waals surface area (Å²) in [7, 11) is 1.83. The predicted molar refractivity (Wildman–Crippen MR) is 67.8 cm³/mol. The van der Waals surface area contributed by atoms with Gasteiger partial charge in [-0.15, -0.1) is 0 Å². The average molecular weight is 245 g/mol. The fourth-order valence-corrected chi connectivity index (χ4v) is 1.60. The van der Waals surface area contributed by atoms with Gasteiger partial charge in [0.15, 0.2) is 0 Å². The summed E-state index contributed by atoms with van der Waals surface area (Å²) in [5.74, 6) is -0.196. The van der Waals surface area contributed by atoms with Gasteiger partial charge in [-0.25, -0.2) is 0 Å². The Labute approximate surface area is 105 Å². The van der Waals surface area contributed by atoms with E-state index in [0.717, 1.165) is 5.69 Å². The first-order valence-corrected chi connectivity index (χ1v) is 5.55. The molecule has 0 aliphatic rings. The number of nitrogens with zero attached hydrogens (tertiary/aromatic N) is 3. The smallest absolute Gasteiger partial charge is 0.253 e. The minimum Gasteiger partial charge on any atom is -0.397 e.